The van der Waals surface area contributed by atoms with Crippen LogP contribution < -0.4 is 11.2 Å². The quantitative estimate of drug-likeness (QED) is 0.396. The Morgan fingerprint density at radius 3 is 2.40 bits per heavy atom. The Hall–Kier alpha value is -2.53. The Labute approximate surface area is 148 Å². The molecule has 128 valence electrons. The van der Waals surface area contributed by atoms with Crippen LogP contribution in [0.2, 0.25) is 0 Å². The molecule has 1 unspecified atom stereocenters. The van der Waals surface area contributed by atoms with Gasteiger partial charge >= 0.3 is 0 Å². The molecule has 0 radical (unpaired) electrons. The van der Waals surface area contributed by atoms with Gasteiger partial charge in [0.1, 0.15) is 0 Å². The van der Waals surface area contributed by atoms with Crippen LogP contribution in [0, 0.1) is 0 Å². The SMILES string of the molecule is CNC(CN(N)CC(=O)c1ccc2ccccc2c1)c1ccccc1. The average Bonchev–Trinajstić information content (AvgIpc) is 2.66. The fourth-order valence-corrected chi connectivity index (χ4v) is 2.99. The molecule has 4 heteroatoms. The first-order chi connectivity index (χ1) is 12.2. The van der Waals surface area contributed by atoms with E-state index < -0.39 is 0 Å². The number of nitrogens with two attached hydrogens (primary N) is 1. The lowest BCUT2D eigenvalue weighted by Crippen LogP contribution is -2.41. The van der Waals surface area contributed by atoms with Crippen molar-refractivity contribution >= 4 is 16.6 Å². The number of carbonyl (C=O) groups is 1. The smallest absolute Gasteiger partial charge is 0.178 e. The Morgan fingerprint density at radius 1 is 1.00 bits per heavy atom. The summed E-state index contributed by atoms with van der Waals surface area (Å²) in [6.45, 7) is 0.739. The van der Waals surface area contributed by atoms with E-state index in [2.05, 4.69) is 17.4 Å². The largest absolute Gasteiger partial charge is 0.312 e. The maximum Gasteiger partial charge on any atom is 0.178 e. The maximum absolute atomic E-state index is 12.6. The van der Waals surface area contributed by atoms with Crippen LogP contribution in [0.1, 0.15) is 22.0 Å². The van der Waals surface area contributed by atoms with E-state index in [9.17, 15) is 4.79 Å². The van der Waals surface area contributed by atoms with Gasteiger partial charge in [0.2, 0.25) is 0 Å². The number of ketones is 1. The first-order valence-corrected chi connectivity index (χ1v) is 8.41. The van der Waals surface area contributed by atoms with Crippen molar-refractivity contribution in [2.24, 2.45) is 5.84 Å². The zero-order valence-electron chi connectivity index (χ0n) is 14.4. The topological polar surface area (TPSA) is 58.4 Å². The number of hydrogen-bond acceptors (Lipinski definition) is 4. The van der Waals surface area contributed by atoms with Crippen LogP contribution in [0.5, 0.6) is 0 Å². The van der Waals surface area contributed by atoms with Crippen LogP contribution in [0.25, 0.3) is 10.8 Å². The molecule has 0 fully saturated rings. The maximum atomic E-state index is 12.6. The minimum atomic E-state index is 0.0242. The third-order valence-electron chi connectivity index (χ3n) is 4.39. The Balaban J connectivity index is 1.66. The zero-order valence-corrected chi connectivity index (χ0v) is 14.4. The third kappa shape index (κ3) is 4.31. The van der Waals surface area contributed by atoms with E-state index in [1.807, 2.05) is 67.7 Å². The normalized spacial score (nSPS) is 12.4. The molecule has 4 nitrogen and oxygen atoms in total. The Kier molecular flexibility index (Phi) is 5.56. The van der Waals surface area contributed by atoms with Crippen molar-refractivity contribution in [1.82, 2.24) is 10.3 Å². The van der Waals surface area contributed by atoms with Gasteiger partial charge in [0.15, 0.2) is 5.78 Å². The summed E-state index contributed by atoms with van der Waals surface area (Å²) in [7, 11) is 1.90. The average molecular weight is 333 g/mol. The molecular weight excluding hydrogens is 310 g/mol. The number of rotatable bonds is 7. The van der Waals surface area contributed by atoms with Crippen molar-refractivity contribution in [3.05, 3.63) is 83.9 Å². The molecule has 0 heterocycles. The minimum absolute atomic E-state index is 0.0242. The summed E-state index contributed by atoms with van der Waals surface area (Å²) in [5.41, 5.74) is 1.84. The molecule has 0 aliphatic heterocycles. The molecule has 1 atom stereocenters. The van der Waals surface area contributed by atoms with Gasteiger partial charge in [-0.2, -0.15) is 0 Å². The molecule has 0 aliphatic carbocycles. The summed E-state index contributed by atoms with van der Waals surface area (Å²) < 4.78 is 0. The molecule has 0 aliphatic rings. The molecule has 0 aromatic heterocycles. The number of nitrogens with zero attached hydrogens (tertiary/aromatic N) is 1. The van der Waals surface area contributed by atoms with E-state index in [4.69, 9.17) is 5.84 Å². The van der Waals surface area contributed by atoms with Crippen LogP contribution in [-0.2, 0) is 0 Å². The molecule has 0 spiro atoms. The molecule has 25 heavy (non-hydrogen) atoms. The highest BCUT2D eigenvalue weighted by molar-refractivity contribution is 6.01. The fraction of sp³-hybridized carbons (Fsp3) is 0.190. The number of hydrogen-bond donors (Lipinski definition) is 2. The van der Waals surface area contributed by atoms with Gasteiger partial charge < -0.3 is 5.32 Å². The van der Waals surface area contributed by atoms with Crippen molar-refractivity contribution in [3.8, 4) is 0 Å². The second-order valence-electron chi connectivity index (χ2n) is 6.17. The van der Waals surface area contributed by atoms with Crippen molar-refractivity contribution in [3.63, 3.8) is 0 Å². The summed E-state index contributed by atoms with van der Waals surface area (Å²) in [6, 6.07) is 24.0. The lowest BCUT2D eigenvalue weighted by Gasteiger charge is -2.23. The molecular formula is C21H23N3O. The second kappa shape index (κ2) is 8.03. The highest BCUT2D eigenvalue weighted by Gasteiger charge is 2.15. The zero-order chi connectivity index (χ0) is 17.6. The van der Waals surface area contributed by atoms with Crippen molar-refractivity contribution < 1.29 is 4.79 Å². The highest BCUT2D eigenvalue weighted by Crippen LogP contribution is 2.17. The highest BCUT2D eigenvalue weighted by atomic mass is 16.1. The summed E-state index contributed by atoms with van der Waals surface area (Å²) in [4.78, 5) is 12.6. The van der Waals surface area contributed by atoms with Gasteiger partial charge in [0.05, 0.1) is 6.54 Å². The van der Waals surface area contributed by atoms with E-state index >= 15 is 0 Å². The third-order valence-corrected chi connectivity index (χ3v) is 4.39. The number of nitrogens with one attached hydrogen (secondary N) is 1. The van der Waals surface area contributed by atoms with Gasteiger partial charge in [-0.05, 0) is 29.4 Å². The number of Topliss-reactive ketones (excluding diaryl/α,β-unsaturated/α-hetero) is 1. The predicted octanol–water partition coefficient (Wildman–Crippen LogP) is 3.16. The summed E-state index contributed by atoms with van der Waals surface area (Å²) >= 11 is 0. The standard InChI is InChI=1S/C21H23N3O/c1-23-20(17-8-3-2-4-9-17)14-24(22)15-21(25)19-12-11-16-7-5-6-10-18(16)13-19/h2-13,20,23H,14-15,22H2,1H3. The summed E-state index contributed by atoms with van der Waals surface area (Å²) in [5.74, 6) is 6.14. The van der Waals surface area contributed by atoms with Crippen molar-refractivity contribution in [2.45, 2.75) is 6.04 Å². The fourth-order valence-electron chi connectivity index (χ4n) is 2.99. The molecule has 0 saturated heterocycles. The van der Waals surface area contributed by atoms with Crippen LogP contribution >= 0.6 is 0 Å². The Morgan fingerprint density at radius 2 is 1.68 bits per heavy atom. The predicted molar refractivity (Wildman–Crippen MR) is 102 cm³/mol. The van der Waals surface area contributed by atoms with Crippen molar-refractivity contribution in [1.29, 1.82) is 0 Å². The van der Waals surface area contributed by atoms with Crippen LogP contribution in [-0.4, -0.2) is 30.9 Å². The van der Waals surface area contributed by atoms with Crippen LogP contribution in [0.4, 0.5) is 0 Å². The number of likely N-dealkylation sites (N-methyl/N-ethyl adjacent to an activating group) is 1. The number of benzene rings is 3. The van der Waals surface area contributed by atoms with E-state index in [0.717, 1.165) is 16.3 Å². The van der Waals surface area contributed by atoms with Crippen LogP contribution in [0.15, 0.2) is 72.8 Å². The molecule has 3 aromatic carbocycles. The van der Waals surface area contributed by atoms with E-state index in [1.165, 1.54) is 0 Å². The van der Waals surface area contributed by atoms with E-state index in [0.29, 0.717) is 12.1 Å². The van der Waals surface area contributed by atoms with Crippen molar-refractivity contribution in [2.75, 3.05) is 20.1 Å². The van der Waals surface area contributed by atoms with Gasteiger partial charge in [0.25, 0.3) is 0 Å². The summed E-state index contributed by atoms with van der Waals surface area (Å²) in [5, 5.41) is 7.02. The number of fused-ring (bicyclic) bond motifs is 1. The second-order valence-corrected chi connectivity index (χ2v) is 6.17. The van der Waals surface area contributed by atoms with Crippen LogP contribution in [0.3, 0.4) is 0 Å². The first kappa shape index (κ1) is 17.3. The summed E-state index contributed by atoms with van der Waals surface area (Å²) in [6.07, 6.45) is 0. The van der Waals surface area contributed by atoms with Gasteiger partial charge in [-0.25, -0.2) is 5.01 Å². The van der Waals surface area contributed by atoms with Gasteiger partial charge in [0, 0.05) is 18.2 Å². The Bertz CT molecular complexity index is 848. The molecule has 3 aromatic rings. The lowest BCUT2D eigenvalue weighted by molar-refractivity contribution is 0.0924. The van der Waals surface area contributed by atoms with Gasteiger partial charge in [-0.15, -0.1) is 0 Å². The first-order valence-electron chi connectivity index (χ1n) is 8.41. The molecule has 0 saturated carbocycles. The monoisotopic (exact) mass is 333 g/mol. The molecule has 3 rings (SSSR count). The minimum Gasteiger partial charge on any atom is -0.312 e. The van der Waals surface area contributed by atoms with Gasteiger partial charge in [-0.3, -0.25) is 10.6 Å². The van der Waals surface area contributed by atoms with E-state index in [-0.39, 0.29) is 18.4 Å². The number of hydrazine groups is 1. The molecule has 0 amide bonds. The molecule has 0 bridgehead atoms. The van der Waals surface area contributed by atoms with E-state index in [1.54, 1.807) is 5.01 Å². The lowest BCUT2D eigenvalue weighted by atomic mass is 10.0. The molecule has 3 N–H and O–H groups in total. The number of carbonyl (C=O) groups excluding carboxylic acids is 1. The van der Waals surface area contributed by atoms with Gasteiger partial charge in [-0.1, -0.05) is 66.7 Å².